The van der Waals surface area contributed by atoms with Gasteiger partial charge in [-0.05, 0) is 20.3 Å². The van der Waals surface area contributed by atoms with Gasteiger partial charge in [-0.15, -0.1) is 0 Å². The molecule has 2 aliphatic heterocycles. The lowest BCUT2D eigenvalue weighted by molar-refractivity contribution is -0.150. The summed E-state index contributed by atoms with van der Waals surface area (Å²) in [5.74, 6) is -1.18. The second-order valence-corrected chi connectivity index (χ2v) is 6.97. The highest BCUT2D eigenvalue weighted by Crippen LogP contribution is 2.59. The summed E-state index contributed by atoms with van der Waals surface area (Å²) in [6.45, 7) is 3.02. The van der Waals surface area contributed by atoms with E-state index in [0.717, 1.165) is 13.0 Å². The van der Waals surface area contributed by atoms with E-state index in [0.29, 0.717) is 6.61 Å². The Hall–Kier alpha value is -0.990. The summed E-state index contributed by atoms with van der Waals surface area (Å²) in [4.78, 5) is 12.1. The topological polar surface area (TPSA) is 51.4 Å². The minimum atomic E-state index is -4.37. The Labute approximate surface area is 137 Å². The minimum absolute atomic E-state index is 0.0561. The minimum Gasteiger partial charge on any atom is -0.373 e. The van der Waals surface area contributed by atoms with E-state index in [4.69, 9.17) is 14.2 Å². The number of halogens is 4. The van der Waals surface area contributed by atoms with Crippen molar-refractivity contribution in [3.05, 3.63) is 11.6 Å². The van der Waals surface area contributed by atoms with Crippen LogP contribution in [0.2, 0.25) is 0 Å². The van der Waals surface area contributed by atoms with Gasteiger partial charge >= 0.3 is 6.18 Å². The molecule has 136 valence electrons. The van der Waals surface area contributed by atoms with Crippen molar-refractivity contribution in [1.29, 1.82) is 0 Å². The fraction of sp³-hybridized carbons (Fsp3) is 0.812. The monoisotopic (exact) mass is 352 g/mol. The molecule has 0 aromatic heterocycles. The second-order valence-electron chi connectivity index (χ2n) is 6.97. The average molecular weight is 352 g/mol. The Morgan fingerprint density at radius 1 is 1.46 bits per heavy atom. The van der Waals surface area contributed by atoms with Crippen molar-refractivity contribution in [3.63, 3.8) is 0 Å². The average Bonchev–Trinajstić information content (AvgIpc) is 3.38. The summed E-state index contributed by atoms with van der Waals surface area (Å²) >= 11 is 0. The molecule has 1 aliphatic carbocycles. The molecule has 2 heterocycles. The molecule has 0 aromatic rings. The molecular formula is C16H20F4O4. The molecule has 0 N–H and O–H groups in total. The van der Waals surface area contributed by atoms with E-state index in [2.05, 4.69) is 0 Å². The number of epoxide rings is 2. The standard InChI is InChI=1S/C16H20F4O4/c1-8(16(18,19)20)4-5-10-14(2,24-10)13-12(22-3)11(21)9(17)6-15(13)7-23-15/h4,9-10,12-13H,5-7H2,1-3H3/b8-4+/t9-,10+,12+,13+,14?,15-/m0/s1. The molecule has 3 aliphatic rings. The zero-order valence-corrected chi connectivity index (χ0v) is 13.7. The van der Waals surface area contributed by atoms with Crippen LogP contribution in [0.1, 0.15) is 26.7 Å². The molecule has 0 aromatic carbocycles. The Bertz CT molecular complexity index is 569. The van der Waals surface area contributed by atoms with E-state index in [9.17, 15) is 22.4 Å². The number of rotatable bonds is 4. The first-order valence-electron chi connectivity index (χ1n) is 7.81. The van der Waals surface area contributed by atoms with Crippen LogP contribution in [-0.2, 0) is 19.0 Å². The lowest BCUT2D eigenvalue weighted by Gasteiger charge is -2.38. The molecule has 0 radical (unpaired) electrons. The molecule has 4 nitrogen and oxygen atoms in total. The van der Waals surface area contributed by atoms with E-state index in [-0.39, 0.29) is 12.8 Å². The normalized spacial score (nSPS) is 45.6. The van der Waals surface area contributed by atoms with Crippen LogP contribution < -0.4 is 0 Å². The number of methoxy groups -OCH3 is 1. The lowest BCUT2D eigenvalue weighted by Crippen LogP contribution is -2.56. The number of allylic oxidation sites excluding steroid dienone is 1. The third-order valence-electron chi connectivity index (χ3n) is 5.43. The summed E-state index contributed by atoms with van der Waals surface area (Å²) in [5, 5.41) is 0. The first-order chi connectivity index (χ1) is 11.0. The fourth-order valence-corrected chi connectivity index (χ4v) is 3.84. The Balaban J connectivity index is 1.77. The van der Waals surface area contributed by atoms with Gasteiger partial charge in [0.15, 0.2) is 12.0 Å². The Morgan fingerprint density at radius 2 is 2.08 bits per heavy atom. The molecule has 24 heavy (non-hydrogen) atoms. The van der Waals surface area contributed by atoms with E-state index < -0.39 is 53.0 Å². The number of ketones is 1. The maximum atomic E-state index is 13.9. The van der Waals surface area contributed by atoms with Gasteiger partial charge in [-0.3, -0.25) is 4.79 Å². The summed E-state index contributed by atoms with van der Waals surface area (Å²) < 4.78 is 68.0. The highest BCUT2D eigenvalue weighted by molar-refractivity contribution is 5.89. The van der Waals surface area contributed by atoms with Crippen LogP contribution in [0.25, 0.3) is 0 Å². The predicted octanol–water partition coefficient (Wildman–Crippen LogP) is 2.75. The third kappa shape index (κ3) is 2.78. The van der Waals surface area contributed by atoms with Crippen LogP contribution in [0.4, 0.5) is 17.6 Å². The first-order valence-corrected chi connectivity index (χ1v) is 7.81. The second kappa shape index (κ2) is 5.51. The van der Waals surface area contributed by atoms with E-state index in [1.54, 1.807) is 6.92 Å². The van der Waals surface area contributed by atoms with Crippen LogP contribution in [0.3, 0.4) is 0 Å². The van der Waals surface area contributed by atoms with Crippen LogP contribution >= 0.6 is 0 Å². The van der Waals surface area contributed by atoms with Crippen molar-refractivity contribution in [3.8, 4) is 0 Å². The van der Waals surface area contributed by atoms with Crippen LogP contribution in [0, 0.1) is 5.92 Å². The van der Waals surface area contributed by atoms with Crippen molar-refractivity contribution in [1.82, 2.24) is 0 Å². The number of ether oxygens (including phenoxy) is 3. The van der Waals surface area contributed by atoms with Gasteiger partial charge in [0.2, 0.25) is 0 Å². The van der Waals surface area contributed by atoms with Gasteiger partial charge in [0.25, 0.3) is 0 Å². The molecule has 1 spiro atoms. The van der Waals surface area contributed by atoms with Gasteiger partial charge in [-0.2, -0.15) is 13.2 Å². The van der Waals surface area contributed by atoms with Gasteiger partial charge in [0, 0.05) is 19.1 Å². The highest BCUT2D eigenvalue weighted by atomic mass is 19.4. The van der Waals surface area contributed by atoms with Crippen molar-refractivity contribution in [2.75, 3.05) is 13.7 Å². The van der Waals surface area contributed by atoms with Gasteiger partial charge in [-0.1, -0.05) is 6.08 Å². The molecule has 2 saturated heterocycles. The van der Waals surface area contributed by atoms with Crippen LogP contribution in [-0.4, -0.2) is 55.3 Å². The molecule has 6 atom stereocenters. The molecule has 8 heteroatoms. The van der Waals surface area contributed by atoms with Gasteiger partial charge in [0.1, 0.15) is 17.3 Å². The Kier molecular flexibility index (Phi) is 4.09. The summed E-state index contributed by atoms with van der Waals surface area (Å²) in [6.07, 6.45) is -6.43. The van der Waals surface area contributed by atoms with Crippen LogP contribution in [0.15, 0.2) is 11.6 Å². The fourth-order valence-electron chi connectivity index (χ4n) is 3.84. The molecule has 3 fully saturated rings. The van der Waals surface area contributed by atoms with E-state index in [1.807, 2.05) is 0 Å². The van der Waals surface area contributed by atoms with Gasteiger partial charge < -0.3 is 14.2 Å². The quantitative estimate of drug-likeness (QED) is 0.444. The number of Topliss-reactive ketones (excluding diaryl/α,β-unsaturated/α-hetero) is 1. The zero-order chi connectivity index (χ0) is 17.9. The number of alkyl halides is 4. The smallest absolute Gasteiger partial charge is 0.373 e. The number of carbonyl (C=O) groups is 1. The highest BCUT2D eigenvalue weighted by Gasteiger charge is 2.73. The maximum Gasteiger partial charge on any atom is 0.412 e. The molecule has 0 bridgehead atoms. The predicted molar refractivity (Wildman–Crippen MR) is 75.2 cm³/mol. The van der Waals surface area contributed by atoms with Gasteiger partial charge in [-0.25, -0.2) is 4.39 Å². The van der Waals surface area contributed by atoms with E-state index in [1.165, 1.54) is 7.11 Å². The zero-order valence-electron chi connectivity index (χ0n) is 13.7. The molecule has 0 amide bonds. The number of carbonyl (C=O) groups excluding carboxylic acids is 1. The van der Waals surface area contributed by atoms with Crippen molar-refractivity contribution in [2.45, 2.75) is 62.4 Å². The molecule has 1 saturated carbocycles. The Morgan fingerprint density at radius 3 is 2.58 bits per heavy atom. The number of hydrogen-bond acceptors (Lipinski definition) is 4. The van der Waals surface area contributed by atoms with E-state index >= 15 is 0 Å². The summed E-state index contributed by atoms with van der Waals surface area (Å²) in [7, 11) is 1.32. The largest absolute Gasteiger partial charge is 0.412 e. The first kappa shape index (κ1) is 17.8. The van der Waals surface area contributed by atoms with Crippen molar-refractivity contribution >= 4 is 5.78 Å². The summed E-state index contributed by atoms with van der Waals surface area (Å²) in [5.41, 5.74) is -2.38. The molecule has 1 unspecified atom stereocenters. The molecule has 3 rings (SSSR count). The SMILES string of the molecule is CO[C@@H]1C(=O)[C@@H](F)C[C@]2(CO2)[C@H]1C1(C)O[C@@H]1C/C=C(\C)C(F)(F)F. The third-order valence-corrected chi connectivity index (χ3v) is 5.43. The summed E-state index contributed by atoms with van der Waals surface area (Å²) in [6, 6.07) is 0. The maximum absolute atomic E-state index is 13.9. The van der Waals surface area contributed by atoms with Crippen LogP contribution in [0.5, 0.6) is 0 Å². The molecular weight excluding hydrogens is 332 g/mol. The lowest BCUT2D eigenvalue weighted by atomic mass is 9.68. The van der Waals surface area contributed by atoms with Crippen molar-refractivity contribution < 1.29 is 36.6 Å². The number of hydrogen-bond donors (Lipinski definition) is 0. The van der Waals surface area contributed by atoms with Gasteiger partial charge in [0.05, 0.1) is 18.6 Å². The van der Waals surface area contributed by atoms with Crippen molar-refractivity contribution in [2.24, 2.45) is 5.92 Å².